The number of hydrogen-bond donors (Lipinski definition) is 0. The minimum atomic E-state index is 1.10. The first kappa shape index (κ1) is 32.0. The highest BCUT2D eigenvalue weighted by Crippen LogP contribution is 2.40. The molecule has 250 valence electrons. The van der Waals surface area contributed by atoms with Gasteiger partial charge in [-0.25, -0.2) is 0 Å². The van der Waals surface area contributed by atoms with Crippen LogP contribution in [0.2, 0.25) is 0 Å². The molecule has 0 aliphatic heterocycles. The molecule has 0 unspecified atom stereocenters. The van der Waals surface area contributed by atoms with Gasteiger partial charge in [0.15, 0.2) is 0 Å². The van der Waals surface area contributed by atoms with Gasteiger partial charge < -0.3 is 4.90 Å². The van der Waals surface area contributed by atoms with Crippen LogP contribution in [0.3, 0.4) is 0 Å². The van der Waals surface area contributed by atoms with Crippen molar-refractivity contribution in [2.45, 2.75) is 0 Å². The minimum Gasteiger partial charge on any atom is -0.311 e. The van der Waals surface area contributed by atoms with Crippen LogP contribution in [-0.4, -0.2) is 0 Å². The molecule has 1 nitrogen and oxygen atoms in total. The second-order valence-corrected chi connectivity index (χ2v) is 13.4. The van der Waals surface area contributed by atoms with Crippen molar-refractivity contribution >= 4 is 27.8 Å². The molecule has 0 radical (unpaired) electrons. The summed E-state index contributed by atoms with van der Waals surface area (Å²) in [7, 11) is 0. The van der Waals surface area contributed by atoms with Gasteiger partial charge >= 0.3 is 0 Å². The van der Waals surface area contributed by atoms with Gasteiger partial charge in [0, 0.05) is 17.1 Å². The van der Waals surface area contributed by atoms with Gasteiger partial charge in [-0.3, -0.25) is 0 Å². The van der Waals surface area contributed by atoms with Gasteiger partial charge in [-0.1, -0.05) is 176 Å². The van der Waals surface area contributed by atoms with E-state index in [4.69, 9.17) is 0 Å². The Labute approximate surface area is 311 Å². The maximum Gasteiger partial charge on any atom is 0.0462 e. The lowest BCUT2D eigenvalue weighted by molar-refractivity contribution is 1.28. The number of rotatable bonds is 8. The molecule has 0 heterocycles. The van der Waals surface area contributed by atoms with E-state index in [1.54, 1.807) is 0 Å². The summed E-state index contributed by atoms with van der Waals surface area (Å²) in [5, 5.41) is 2.50. The van der Waals surface area contributed by atoms with E-state index in [2.05, 4.69) is 229 Å². The van der Waals surface area contributed by atoms with E-state index in [0.717, 1.165) is 17.1 Å². The zero-order valence-electron chi connectivity index (χ0n) is 29.3. The van der Waals surface area contributed by atoms with Crippen molar-refractivity contribution < 1.29 is 0 Å². The fourth-order valence-electron chi connectivity index (χ4n) is 7.31. The molecule has 0 amide bonds. The Morgan fingerprint density at radius 3 is 1.09 bits per heavy atom. The number of benzene rings is 9. The van der Waals surface area contributed by atoms with E-state index in [1.807, 2.05) is 0 Å². The van der Waals surface area contributed by atoms with Crippen LogP contribution in [0.5, 0.6) is 0 Å². The fraction of sp³-hybridized carbons (Fsp3) is 0. The number of anilines is 3. The average molecular weight is 676 g/mol. The molecular weight excluding hydrogens is 639 g/mol. The van der Waals surface area contributed by atoms with Crippen LogP contribution in [0.25, 0.3) is 66.4 Å². The second kappa shape index (κ2) is 14.3. The molecule has 0 aliphatic carbocycles. The molecular formula is C52H37N. The highest BCUT2D eigenvalue weighted by molar-refractivity contribution is 5.91. The molecule has 0 N–H and O–H groups in total. The zero-order valence-corrected chi connectivity index (χ0v) is 29.3. The molecule has 0 fully saturated rings. The van der Waals surface area contributed by atoms with E-state index >= 15 is 0 Å². The van der Waals surface area contributed by atoms with Crippen molar-refractivity contribution in [3.63, 3.8) is 0 Å². The van der Waals surface area contributed by atoms with Gasteiger partial charge in [-0.2, -0.15) is 0 Å². The van der Waals surface area contributed by atoms with Crippen LogP contribution in [-0.2, 0) is 0 Å². The smallest absolute Gasteiger partial charge is 0.0462 e. The summed E-state index contributed by atoms with van der Waals surface area (Å²) in [6.07, 6.45) is 0. The molecule has 0 atom stereocenters. The summed E-state index contributed by atoms with van der Waals surface area (Å²) in [4.78, 5) is 2.34. The fourth-order valence-corrected chi connectivity index (χ4v) is 7.31. The average Bonchev–Trinajstić information content (AvgIpc) is 3.25. The highest BCUT2D eigenvalue weighted by Gasteiger charge is 2.16. The van der Waals surface area contributed by atoms with Gasteiger partial charge in [0.25, 0.3) is 0 Å². The Morgan fingerprint density at radius 2 is 0.566 bits per heavy atom. The number of fused-ring (bicyclic) bond motifs is 1. The number of hydrogen-bond acceptors (Lipinski definition) is 1. The second-order valence-electron chi connectivity index (χ2n) is 13.4. The molecule has 53 heavy (non-hydrogen) atoms. The van der Waals surface area contributed by atoms with E-state index in [0.29, 0.717) is 0 Å². The quantitative estimate of drug-likeness (QED) is 0.155. The molecule has 9 aromatic carbocycles. The molecule has 0 saturated carbocycles. The van der Waals surface area contributed by atoms with Crippen LogP contribution in [0, 0.1) is 0 Å². The van der Waals surface area contributed by atoms with Crippen molar-refractivity contribution in [2.75, 3.05) is 4.90 Å². The predicted molar refractivity (Wildman–Crippen MR) is 226 cm³/mol. The summed E-state index contributed by atoms with van der Waals surface area (Å²) < 4.78 is 0. The van der Waals surface area contributed by atoms with Crippen LogP contribution in [0.15, 0.2) is 224 Å². The topological polar surface area (TPSA) is 3.24 Å². The summed E-state index contributed by atoms with van der Waals surface area (Å²) in [5.41, 5.74) is 15.3. The van der Waals surface area contributed by atoms with Gasteiger partial charge in [0.1, 0.15) is 0 Å². The molecule has 0 aliphatic rings. The first-order valence-electron chi connectivity index (χ1n) is 18.2. The molecule has 9 aromatic rings. The van der Waals surface area contributed by atoms with Crippen LogP contribution in [0.1, 0.15) is 0 Å². The molecule has 0 saturated heterocycles. The molecule has 0 bridgehead atoms. The van der Waals surface area contributed by atoms with Gasteiger partial charge in [-0.15, -0.1) is 0 Å². The van der Waals surface area contributed by atoms with E-state index < -0.39 is 0 Å². The molecule has 0 spiro atoms. The third-order valence-electron chi connectivity index (χ3n) is 10.1. The molecule has 9 rings (SSSR count). The van der Waals surface area contributed by atoms with Crippen LogP contribution >= 0.6 is 0 Å². The van der Waals surface area contributed by atoms with Gasteiger partial charge in [0.2, 0.25) is 0 Å². The van der Waals surface area contributed by atoms with E-state index in [1.165, 1.54) is 66.4 Å². The maximum absolute atomic E-state index is 2.35. The van der Waals surface area contributed by atoms with Crippen LogP contribution in [0.4, 0.5) is 17.1 Å². The summed E-state index contributed by atoms with van der Waals surface area (Å²) in [6, 6.07) is 80.8. The first-order chi connectivity index (χ1) is 26.3. The number of nitrogens with zero attached hydrogens (tertiary/aromatic N) is 1. The summed E-state index contributed by atoms with van der Waals surface area (Å²) in [6.45, 7) is 0. The lowest BCUT2D eigenvalue weighted by Crippen LogP contribution is -2.09. The van der Waals surface area contributed by atoms with Crippen molar-refractivity contribution in [3.05, 3.63) is 224 Å². The van der Waals surface area contributed by atoms with Crippen molar-refractivity contribution in [1.82, 2.24) is 0 Å². The monoisotopic (exact) mass is 675 g/mol. The van der Waals surface area contributed by atoms with Crippen molar-refractivity contribution in [2.24, 2.45) is 0 Å². The van der Waals surface area contributed by atoms with Crippen molar-refractivity contribution in [1.29, 1.82) is 0 Å². The third-order valence-corrected chi connectivity index (χ3v) is 10.1. The van der Waals surface area contributed by atoms with E-state index in [9.17, 15) is 0 Å². The first-order valence-corrected chi connectivity index (χ1v) is 18.2. The zero-order chi connectivity index (χ0) is 35.4. The SMILES string of the molecule is c1ccc(-c2ccc(N(c3ccc(-c4ccccc4)cc3)c3ccc(-c4cc(-c5ccc6ccccc6c5)ccc4-c4ccccc4)cc3)cc2)cc1. The largest absolute Gasteiger partial charge is 0.311 e. The van der Waals surface area contributed by atoms with Crippen molar-refractivity contribution in [3.8, 4) is 55.6 Å². The lowest BCUT2D eigenvalue weighted by Gasteiger charge is -2.26. The standard InChI is InChI=1S/C52H37N/c1-4-12-38(13-5-1)41-22-29-48(30-23-41)53(49-31-24-42(25-32-49)39-14-6-2-7-15-39)50-33-26-44(27-34-50)52-37-47(28-35-51(52)43-17-8-3-9-18-43)46-21-20-40-16-10-11-19-45(40)36-46/h1-37H. The Morgan fingerprint density at radius 1 is 0.208 bits per heavy atom. The highest BCUT2D eigenvalue weighted by atomic mass is 15.1. The summed E-state index contributed by atoms with van der Waals surface area (Å²) >= 11 is 0. The van der Waals surface area contributed by atoms with Gasteiger partial charge in [0.05, 0.1) is 0 Å². The predicted octanol–water partition coefficient (Wildman–Crippen LogP) is 14.6. The Hall–Kier alpha value is -6.96. The third kappa shape index (κ3) is 6.65. The Bertz CT molecular complexity index is 2530. The van der Waals surface area contributed by atoms with Crippen LogP contribution < -0.4 is 4.90 Å². The molecule has 0 aromatic heterocycles. The Balaban J connectivity index is 1.12. The molecule has 1 heteroatoms. The Kier molecular flexibility index (Phi) is 8.66. The van der Waals surface area contributed by atoms with E-state index in [-0.39, 0.29) is 0 Å². The van der Waals surface area contributed by atoms with Gasteiger partial charge in [-0.05, 0) is 115 Å². The lowest BCUT2D eigenvalue weighted by atomic mass is 9.90. The maximum atomic E-state index is 2.35. The summed E-state index contributed by atoms with van der Waals surface area (Å²) in [5.74, 6) is 0. The normalized spacial score (nSPS) is 11.0. The minimum absolute atomic E-state index is 1.10.